The van der Waals surface area contributed by atoms with Crippen molar-refractivity contribution in [3.05, 3.63) is 21.1 Å². The van der Waals surface area contributed by atoms with Gasteiger partial charge in [-0.2, -0.15) is 0 Å². The molecule has 1 aliphatic rings. The van der Waals surface area contributed by atoms with Crippen molar-refractivity contribution in [2.75, 3.05) is 0 Å². The number of halogens is 1. The second-order valence-electron chi connectivity index (χ2n) is 2.73. The lowest BCUT2D eigenvalue weighted by Crippen LogP contribution is -2.19. The van der Waals surface area contributed by atoms with Gasteiger partial charge < -0.3 is 0 Å². The summed E-state index contributed by atoms with van der Waals surface area (Å²) in [6.07, 6.45) is 3.21. The minimum Gasteiger partial charge on any atom is -0.292 e. The van der Waals surface area contributed by atoms with Crippen LogP contribution in [0.25, 0.3) is 6.08 Å². The van der Waals surface area contributed by atoms with Crippen molar-refractivity contribution in [3.8, 4) is 0 Å². The maximum atomic E-state index is 11.1. The molecular weight excluding hydrogens is 224 g/mol. The van der Waals surface area contributed by atoms with Crippen LogP contribution in [0.15, 0.2) is 11.8 Å². The molecule has 2 rings (SSSR count). The van der Waals surface area contributed by atoms with Crippen molar-refractivity contribution in [1.29, 1.82) is 0 Å². The van der Waals surface area contributed by atoms with E-state index in [-0.39, 0.29) is 18.2 Å². The van der Waals surface area contributed by atoms with E-state index in [0.717, 1.165) is 0 Å². The van der Waals surface area contributed by atoms with Crippen LogP contribution < -0.4 is 5.32 Å². The highest BCUT2D eigenvalue weighted by atomic mass is 35.5. The largest absolute Gasteiger partial charge is 0.292 e. The van der Waals surface area contributed by atoms with Gasteiger partial charge in [-0.15, -0.1) is 11.3 Å². The molecule has 1 aromatic rings. The van der Waals surface area contributed by atoms with E-state index in [0.29, 0.717) is 14.9 Å². The Morgan fingerprint density at radius 1 is 1.57 bits per heavy atom. The lowest BCUT2D eigenvalue weighted by Gasteiger charge is -1.87. The molecule has 1 N–H and O–H groups in total. The number of imide groups is 1. The molecule has 0 spiro atoms. The van der Waals surface area contributed by atoms with Crippen LogP contribution in [0.1, 0.15) is 11.4 Å². The molecule has 1 saturated heterocycles. The van der Waals surface area contributed by atoms with Gasteiger partial charge in [0.15, 0.2) is 0 Å². The Morgan fingerprint density at radius 2 is 2.36 bits per heavy atom. The molecule has 0 unspecified atom stereocenters. The van der Waals surface area contributed by atoms with E-state index < -0.39 is 0 Å². The van der Waals surface area contributed by atoms with Gasteiger partial charge in [-0.05, 0) is 6.08 Å². The van der Waals surface area contributed by atoms with Gasteiger partial charge in [0.1, 0.15) is 9.34 Å². The zero-order valence-corrected chi connectivity index (χ0v) is 8.48. The highest BCUT2D eigenvalue weighted by Crippen LogP contribution is 2.22. The summed E-state index contributed by atoms with van der Waals surface area (Å²) < 4.78 is 0.557. The molecular formula is C8H5ClN2O2S. The molecule has 0 aliphatic carbocycles. The third-order valence-corrected chi connectivity index (χ3v) is 2.75. The van der Waals surface area contributed by atoms with Crippen LogP contribution in [0.2, 0.25) is 4.34 Å². The summed E-state index contributed by atoms with van der Waals surface area (Å²) in [4.78, 5) is 25.9. The van der Waals surface area contributed by atoms with Gasteiger partial charge in [-0.25, -0.2) is 4.98 Å². The quantitative estimate of drug-likeness (QED) is 0.581. The van der Waals surface area contributed by atoms with Gasteiger partial charge in [0, 0.05) is 5.57 Å². The molecule has 2 amide bonds. The number of carbonyl (C=O) groups is 2. The number of rotatable bonds is 1. The Hall–Kier alpha value is -1.20. The molecule has 4 nitrogen and oxygen atoms in total. The van der Waals surface area contributed by atoms with Gasteiger partial charge >= 0.3 is 0 Å². The van der Waals surface area contributed by atoms with Crippen LogP contribution >= 0.6 is 22.9 Å². The number of amides is 2. The summed E-state index contributed by atoms with van der Waals surface area (Å²) in [6, 6.07) is 0. The lowest BCUT2D eigenvalue weighted by molar-refractivity contribution is -0.124. The topological polar surface area (TPSA) is 59.1 Å². The second-order valence-corrected chi connectivity index (χ2v) is 4.42. The van der Waals surface area contributed by atoms with Crippen LogP contribution in [-0.4, -0.2) is 16.8 Å². The fourth-order valence-electron chi connectivity index (χ4n) is 1.10. The fraction of sp³-hybridized carbons (Fsp3) is 0.125. The Balaban J connectivity index is 2.27. The third-order valence-electron chi connectivity index (χ3n) is 1.69. The minimum absolute atomic E-state index is 0.121. The maximum absolute atomic E-state index is 11.1. The highest BCUT2D eigenvalue weighted by molar-refractivity contribution is 7.16. The first-order valence-electron chi connectivity index (χ1n) is 3.81. The molecule has 14 heavy (non-hydrogen) atoms. The summed E-state index contributed by atoms with van der Waals surface area (Å²) in [5, 5.41) is 2.83. The van der Waals surface area contributed by atoms with Crippen LogP contribution in [0, 0.1) is 0 Å². The predicted molar refractivity (Wildman–Crippen MR) is 52.9 cm³/mol. The van der Waals surface area contributed by atoms with Crippen molar-refractivity contribution in [3.63, 3.8) is 0 Å². The molecule has 0 aromatic carbocycles. The number of hydrogen-bond donors (Lipinski definition) is 1. The maximum Gasteiger partial charge on any atom is 0.254 e. The molecule has 0 radical (unpaired) electrons. The molecule has 1 aliphatic heterocycles. The van der Waals surface area contributed by atoms with Gasteiger partial charge in [0.05, 0.1) is 12.6 Å². The van der Waals surface area contributed by atoms with Crippen LogP contribution in [-0.2, 0) is 9.59 Å². The predicted octanol–water partition coefficient (Wildman–Crippen LogP) is 1.23. The first-order chi connectivity index (χ1) is 6.65. The number of aromatic nitrogens is 1. The number of thiazole rings is 1. The summed E-state index contributed by atoms with van der Waals surface area (Å²) in [5.41, 5.74) is 0.431. The van der Waals surface area contributed by atoms with E-state index in [9.17, 15) is 9.59 Å². The highest BCUT2D eigenvalue weighted by Gasteiger charge is 2.23. The van der Waals surface area contributed by atoms with Gasteiger partial charge in [0.2, 0.25) is 5.91 Å². The van der Waals surface area contributed by atoms with Crippen molar-refractivity contribution in [2.45, 2.75) is 6.42 Å². The van der Waals surface area contributed by atoms with Crippen LogP contribution in [0.3, 0.4) is 0 Å². The molecule has 0 bridgehead atoms. The fourth-order valence-corrected chi connectivity index (χ4v) is 2.00. The first-order valence-corrected chi connectivity index (χ1v) is 5.00. The molecule has 6 heteroatoms. The molecule has 72 valence electrons. The average Bonchev–Trinajstić information content (AvgIpc) is 2.61. The molecule has 1 aromatic heterocycles. The monoisotopic (exact) mass is 228 g/mol. The summed E-state index contributed by atoms with van der Waals surface area (Å²) in [7, 11) is 0. The molecule has 0 saturated carbocycles. The smallest absolute Gasteiger partial charge is 0.254 e. The number of hydrogen-bond acceptors (Lipinski definition) is 4. The summed E-state index contributed by atoms with van der Waals surface area (Å²) in [5.74, 6) is -0.620. The van der Waals surface area contributed by atoms with E-state index in [4.69, 9.17) is 11.6 Å². The SMILES string of the molecule is O=C1C/C(=C/c2ncc(Cl)s2)C(=O)N1. The van der Waals surface area contributed by atoms with Crippen LogP contribution in [0.5, 0.6) is 0 Å². The minimum atomic E-state index is -0.346. The zero-order chi connectivity index (χ0) is 10.1. The van der Waals surface area contributed by atoms with E-state index in [1.165, 1.54) is 17.5 Å². The lowest BCUT2D eigenvalue weighted by atomic mass is 10.2. The first kappa shape index (κ1) is 9.36. The van der Waals surface area contributed by atoms with Crippen molar-refractivity contribution in [1.82, 2.24) is 10.3 Å². The van der Waals surface area contributed by atoms with E-state index in [1.807, 2.05) is 0 Å². The van der Waals surface area contributed by atoms with Gasteiger partial charge in [-0.3, -0.25) is 14.9 Å². The van der Waals surface area contributed by atoms with Gasteiger partial charge in [0.25, 0.3) is 5.91 Å². The van der Waals surface area contributed by atoms with Crippen LogP contribution in [0.4, 0.5) is 0 Å². The standard InChI is InChI=1S/C8H5ClN2O2S/c9-5-3-10-7(14-5)2-4-1-6(12)11-8(4)13/h2-3H,1H2,(H,11,12,13)/b4-2-. The normalized spacial score (nSPS) is 19.1. The van der Waals surface area contributed by atoms with E-state index in [2.05, 4.69) is 10.3 Å². The summed E-state index contributed by atoms with van der Waals surface area (Å²) >= 11 is 6.93. The number of nitrogens with zero attached hydrogens (tertiary/aromatic N) is 1. The van der Waals surface area contributed by atoms with Crippen molar-refractivity contribution < 1.29 is 9.59 Å². The van der Waals surface area contributed by atoms with Crippen molar-refractivity contribution >= 4 is 40.8 Å². The Labute approximate surface area is 88.6 Å². The molecule has 1 fully saturated rings. The van der Waals surface area contributed by atoms with Gasteiger partial charge in [-0.1, -0.05) is 11.6 Å². The van der Waals surface area contributed by atoms with E-state index >= 15 is 0 Å². The van der Waals surface area contributed by atoms with Crippen molar-refractivity contribution in [2.24, 2.45) is 0 Å². The average molecular weight is 229 g/mol. The Kier molecular flexibility index (Phi) is 2.35. The Bertz CT molecular complexity index is 438. The number of carbonyl (C=O) groups excluding carboxylic acids is 2. The summed E-state index contributed by atoms with van der Waals surface area (Å²) in [6.45, 7) is 0. The molecule has 0 atom stereocenters. The zero-order valence-electron chi connectivity index (χ0n) is 6.91. The second kappa shape index (κ2) is 3.51. The molecule has 2 heterocycles. The van der Waals surface area contributed by atoms with E-state index in [1.54, 1.807) is 6.08 Å². The Morgan fingerprint density at radius 3 is 2.86 bits per heavy atom. The third kappa shape index (κ3) is 1.83. The number of nitrogens with one attached hydrogen (secondary N) is 1.